The molecular weight excluding hydrogens is 288 g/mol. The third-order valence-electron chi connectivity index (χ3n) is 3.84. The van der Waals surface area contributed by atoms with Gasteiger partial charge in [-0.3, -0.25) is 4.79 Å². The summed E-state index contributed by atoms with van der Waals surface area (Å²) < 4.78 is 23.5. The minimum absolute atomic E-state index is 0.0869. The number of sulfone groups is 1. The minimum Gasteiger partial charge on any atom is -0.337 e. The van der Waals surface area contributed by atoms with E-state index in [1.807, 2.05) is 11.8 Å². The maximum Gasteiger partial charge on any atom is 0.227 e. The second-order valence-electron chi connectivity index (χ2n) is 5.36. The number of hydrogen-bond acceptors (Lipinski definition) is 4. The number of carbonyl (C=O) groups excluding carboxylic acids is 1. The summed E-state index contributed by atoms with van der Waals surface area (Å²) in [5.74, 6) is 0.180. The molecule has 1 fully saturated rings. The van der Waals surface area contributed by atoms with Crippen molar-refractivity contribution in [2.24, 2.45) is 0 Å². The highest BCUT2D eigenvalue weighted by molar-refractivity contribution is 7.91. The zero-order valence-corrected chi connectivity index (χ0v) is 13.3. The van der Waals surface area contributed by atoms with Gasteiger partial charge in [-0.2, -0.15) is 0 Å². The summed E-state index contributed by atoms with van der Waals surface area (Å²) in [5.41, 5.74) is 0.848. The van der Waals surface area contributed by atoms with Crippen molar-refractivity contribution in [1.29, 1.82) is 0 Å². The second-order valence-corrected chi connectivity index (χ2v) is 7.64. The van der Waals surface area contributed by atoms with E-state index >= 15 is 0 Å². The van der Waals surface area contributed by atoms with Gasteiger partial charge in [0.25, 0.3) is 0 Å². The van der Waals surface area contributed by atoms with Crippen LogP contribution in [0.15, 0.2) is 29.2 Å². The molecule has 116 valence electrons. The van der Waals surface area contributed by atoms with Crippen molar-refractivity contribution < 1.29 is 13.2 Å². The quantitative estimate of drug-likeness (QED) is 0.895. The predicted octanol–water partition coefficient (Wildman–Crippen LogP) is 0.843. The molecule has 0 aliphatic carbocycles. The number of nitrogens with one attached hydrogen (secondary N) is 1. The van der Waals surface area contributed by atoms with Gasteiger partial charge in [-0.15, -0.1) is 0 Å². The molecular formula is C15H22N2O3S. The fraction of sp³-hybridized carbons (Fsp3) is 0.533. The summed E-state index contributed by atoms with van der Waals surface area (Å²) in [7, 11) is -3.18. The number of benzene rings is 1. The van der Waals surface area contributed by atoms with Crippen molar-refractivity contribution in [3.63, 3.8) is 0 Å². The van der Waals surface area contributed by atoms with E-state index in [0.717, 1.165) is 25.2 Å². The van der Waals surface area contributed by atoms with E-state index in [0.29, 0.717) is 11.3 Å². The van der Waals surface area contributed by atoms with Crippen LogP contribution in [0, 0.1) is 0 Å². The maximum absolute atomic E-state index is 12.3. The Hall–Kier alpha value is -1.40. The Bertz CT molecular complexity index is 596. The predicted molar refractivity (Wildman–Crippen MR) is 81.9 cm³/mol. The molecule has 1 heterocycles. The van der Waals surface area contributed by atoms with E-state index in [1.165, 1.54) is 0 Å². The molecule has 1 atom stereocenters. The average molecular weight is 310 g/mol. The number of piperazine rings is 1. The standard InChI is InChI=1S/C15H22N2O3S/c1-3-21(19,20)14-6-4-13(5-7-14)10-15(18)17-9-8-16-11-12(17)2/h4-7,12,16H,3,8-11H2,1-2H3/t12-/m1/s1. The second kappa shape index (κ2) is 6.58. The first-order valence-corrected chi connectivity index (χ1v) is 8.91. The average Bonchev–Trinajstić information content (AvgIpc) is 2.48. The van der Waals surface area contributed by atoms with Crippen molar-refractivity contribution in [1.82, 2.24) is 10.2 Å². The lowest BCUT2D eigenvalue weighted by molar-refractivity contribution is -0.133. The summed E-state index contributed by atoms with van der Waals surface area (Å²) in [6, 6.07) is 6.83. The molecule has 0 spiro atoms. The maximum atomic E-state index is 12.3. The van der Waals surface area contributed by atoms with E-state index < -0.39 is 9.84 Å². The lowest BCUT2D eigenvalue weighted by Crippen LogP contribution is -2.52. The van der Waals surface area contributed by atoms with Gasteiger partial charge in [0.15, 0.2) is 9.84 Å². The van der Waals surface area contributed by atoms with Crippen LogP contribution in [-0.2, 0) is 21.1 Å². The Morgan fingerprint density at radius 1 is 1.33 bits per heavy atom. The normalized spacial score (nSPS) is 19.5. The molecule has 1 aliphatic rings. The molecule has 1 aromatic rings. The topological polar surface area (TPSA) is 66.5 Å². The van der Waals surface area contributed by atoms with Crippen molar-refractivity contribution in [2.45, 2.75) is 31.2 Å². The lowest BCUT2D eigenvalue weighted by Gasteiger charge is -2.34. The molecule has 1 N–H and O–H groups in total. The summed E-state index contributed by atoms with van der Waals surface area (Å²) in [4.78, 5) is 14.5. The number of hydrogen-bond donors (Lipinski definition) is 1. The lowest BCUT2D eigenvalue weighted by atomic mass is 10.1. The Kier molecular flexibility index (Phi) is 5.00. The number of amides is 1. The molecule has 1 saturated heterocycles. The third-order valence-corrected chi connectivity index (χ3v) is 5.59. The summed E-state index contributed by atoms with van der Waals surface area (Å²) in [6.07, 6.45) is 0.316. The highest BCUT2D eigenvalue weighted by atomic mass is 32.2. The minimum atomic E-state index is -3.18. The van der Waals surface area contributed by atoms with E-state index in [9.17, 15) is 13.2 Å². The van der Waals surface area contributed by atoms with Crippen molar-refractivity contribution in [2.75, 3.05) is 25.4 Å². The molecule has 1 amide bonds. The first-order chi connectivity index (χ1) is 9.94. The zero-order valence-electron chi connectivity index (χ0n) is 12.5. The van der Waals surface area contributed by atoms with Crippen molar-refractivity contribution >= 4 is 15.7 Å². The Morgan fingerprint density at radius 3 is 2.57 bits per heavy atom. The smallest absolute Gasteiger partial charge is 0.227 e. The third kappa shape index (κ3) is 3.83. The Labute approximate surface area is 126 Å². The van der Waals surface area contributed by atoms with Gasteiger partial charge in [0, 0.05) is 25.7 Å². The molecule has 1 aromatic carbocycles. The highest BCUT2D eigenvalue weighted by Crippen LogP contribution is 2.14. The van der Waals surface area contributed by atoms with Gasteiger partial charge in [-0.05, 0) is 24.6 Å². The van der Waals surface area contributed by atoms with Crippen LogP contribution >= 0.6 is 0 Å². The van der Waals surface area contributed by atoms with Crippen molar-refractivity contribution in [3.8, 4) is 0 Å². The van der Waals surface area contributed by atoms with Crippen molar-refractivity contribution in [3.05, 3.63) is 29.8 Å². The van der Waals surface area contributed by atoms with E-state index in [-0.39, 0.29) is 17.7 Å². The fourth-order valence-corrected chi connectivity index (χ4v) is 3.35. The molecule has 0 aromatic heterocycles. The van der Waals surface area contributed by atoms with Crippen LogP contribution < -0.4 is 5.32 Å². The first-order valence-electron chi connectivity index (χ1n) is 7.26. The zero-order chi connectivity index (χ0) is 15.5. The summed E-state index contributed by atoms with van der Waals surface area (Å²) in [6.45, 7) is 6.02. The van der Waals surface area contributed by atoms with Gasteiger partial charge in [0.05, 0.1) is 17.1 Å². The number of nitrogens with zero attached hydrogens (tertiary/aromatic N) is 1. The molecule has 0 saturated carbocycles. The highest BCUT2D eigenvalue weighted by Gasteiger charge is 2.22. The van der Waals surface area contributed by atoms with Crippen LogP contribution in [0.4, 0.5) is 0 Å². The van der Waals surface area contributed by atoms with Gasteiger partial charge in [0.1, 0.15) is 0 Å². The van der Waals surface area contributed by atoms with Gasteiger partial charge < -0.3 is 10.2 Å². The SMILES string of the molecule is CCS(=O)(=O)c1ccc(CC(=O)N2CCNC[C@H]2C)cc1. The summed E-state index contributed by atoms with van der Waals surface area (Å²) >= 11 is 0. The number of rotatable bonds is 4. The van der Waals surface area contributed by atoms with E-state index in [4.69, 9.17) is 0 Å². The molecule has 0 radical (unpaired) electrons. The van der Waals surface area contributed by atoms with Crippen LogP contribution in [0.2, 0.25) is 0 Å². The first kappa shape index (κ1) is 16.0. The molecule has 1 aliphatic heterocycles. The van der Waals surface area contributed by atoms with Gasteiger partial charge in [-0.1, -0.05) is 19.1 Å². The van der Waals surface area contributed by atoms with E-state index in [1.54, 1.807) is 31.2 Å². The molecule has 0 unspecified atom stereocenters. The molecule has 5 nitrogen and oxygen atoms in total. The number of carbonyl (C=O) groups is 1. The Morgan fingerprint density at radius 2 is 2.00 bits per heavy atom. The Balaban J connectivity index is 2.05. The molecule has 0 bridgehead atoms. The fourth-order valence-electron chi connectivity index (χ4n) is 2.47. The molecule has 6 heteroatoms. The van der Waals surface area contributed by atoms with Crippen LogP contribution in [0.3, 0.4) is 0 Å². The largest absolute Gasteiger partial charge is 0.337 e. The van der Waals surface area contributed by atoms with E-state index in [2.05, 4.69) is 5.32 Å². The van der Waals surface area contributed by atoms with Crippen LogP contribution in [0.5, 0.6) is 0 Å². The van der Waals surface area contributed by atoms with Crippen LogP contribution in [0.25, 0.3) is 0 Å². The summed E-state index contributed by atoms with van der Waals surface area (Å²) in [5, 5.41) is 3.25. The van der Waals surface area contributed by atoms with Crippen LogP contribution in [0.1, 0.15) is 19.4 Å². The van der Waals surface area contributed by atoms with Gasteiger partial charge in [-0.25, -0.2) is 8.42 Å². The monoisotopic (exact) mass is 310 g/mol. The van der Waals surface area contributed by atoms with Crippen LogP contribution in [-0.4, -0.2) is 50.7 Å². The molecule has 21 heavy (non-hydrogen) atoms. The van der Waals surface area contributed by atoms with Gasteiger partial charge in [0.2, 0.25) is 5.91 Å². The molecule has 2 rings (SSSR count). The van der Waals surface area contributed by atoms with Gasteiger partial charge >= 0.3 is 0 Å².